The summed E-state index contributed by atoms with van der Waals surface area (Å²) in [6.45, 7) is 0. The van der Waals surface area contributed by atoms with Gasteiger partial charge in [0.1, 0.15) is 17.1 Å². The molecule has 1 aromatic carbocycles. The minimum atomic E-state index is -4.56. The van der Waals surface area contributed by atoms with Crippen LogP contribution in [0.15, 0.2) is 36.5 Å². The fourth-order valence-electron chi connectivity index (χ4n) is 2.02. The summed E-state index contributed by atoms with van der Waals surface area (Å²) in [6.07, 6.45) is -3.85. The van der Waals surface area contributed by atoms with Gasteiger partial charge in [0.25, 0.3) is 0 Å². The van der Waals surface area contributed by atoms with Gasteiger partial charge in [-0.05, 0) is 24.3 Å². The number of phenols is 1. The number of nitrogens with two attached hydrogens (primary N) is 1. The molecule has 21 heavy (non-hydrogen) atoms. The van der Waals surface area contributed by atoms with Crippen LogP contribution in [0.4, 0.5) is 19.0 Å². The summed E-state index contributed by atoms with van der Waals surface area (Å²) in [4.78, 5) is 3.71. The van der Waals surface area contributed by atoms with Gasteiger partial charge in [0.05, 0.1) is 11.9 Å². The average molecular weight is 294 g/mol. The number of rotatable bonds is 1. The second kappa shape index (κ2) is 4.37. The van der Waals surface area contributed by atoms with Crippen molar-refractivity contribution in [3.63, 3.8) is 0 Å². The van der Waals surface area contributed by atoms with E-state index in [0.717, 1.165) is 4.52 Å². The summed E-state index contributed by atoms with van der Waals surface area (Å²) < 4.78 is 39.8. The number of fused-ring (bicyclic) bond motifs is 1. The second-order valence-electron chi connectivity index (χ2n) is 4.40. The highest BCUT2D eigenvalue weighted by Gasteiger charge is 2.35. The Morgan fingerprint density at radius 3 is 2.43 bits per heavy atom. The van der Waals surface area contributed by atoms with Gasteiger partial charge >= 0.3 is 6.18 Å². The number of benzene rings is 1. The van der Waals surface area contributed by atoms with Crippen LogP contribution in [0.2, 0.25) is 0 Å². The van der Waals surface area contributed by atoms with E-state index in [1.807, 2.05) is 0 Å². The van der Waals surface area contributed by atoms with Gasteiger partial charge in [-0.3, -0.25) is 0 Å². The van der Waals surface area contributed by atoms with Crippen molar-refractivity contribution in [3.05, 3.63) is 42.1 Å². The lowest BCUT2D eigenvalue weighted by molar-refractivity contribution is -0.136. The predicted molar refractivity (Wildman–Crippen MR) is 69.5 cm³/mol. The molecule has 0 saturated carbocycles. The molecule has 2 heterocycles. The number of aromatic nitrogens is 3. The highest BCUT2D eigenvalue weighted by molar-refractivity contribution is 5.68. The van der Waals surface area contributed by atoms with E-state index in [9.17, 15) is 18.3 Å². The van der Waals surface area contributed by atoms with Crippen LogP contribution in [-0.4, -0.2) is 19.7 Å². The molecule has 0 bridgehead atoms. The van der Waals surface area contributed by atoms with Crippen molar-refractivity contribution < 1.29 is 18.3 Å². The maximum absolute atomic E-state index is 12.9. The summed E-state index contributed by atoms with van der Waals surface area (Å²) in [6, 6.07) is 7.38. The van der Waals surface area contributed by atoms with Crippen LogP contribution in [0.25, 0.3) is 16.9 Å². The molecular weight excluding hydrogens is 285 g/mol. The lowest BCUT2D eigenvalue weighted by Crippen LogP contribution is -2.07. The van der Waals surface area contributed by atoms with Crippen LogP contribution >= 0.6 is 0 Å². The first-order chi connectivity index (χ1) is 9.86. The molecule has 8 heteroatoms. The van der Waals surface area contributed by atoms with Crippen LogP contribution in [0, 0.1) is 0 Å². The van der Waals surface area contributed by atoms with Gasteiger partial charge in [0.15, 0.2) is 5.65 Å². The lowest BCUT2D eigenvalue weighted by Gasteiger charge is -2.08. The smallest absolute Gasteiger partial charge is 0.421 e. The average Bonchev–Trinajstić information content (AvgIpc) is 2.82. The van der Waals surface area contributed by atoms with E-state index in [-0.39, 0.29) is 17.2 Å². The second-order valence-corrected chi connectivity index (χ2v) is 4.40. The third kappa shape index (κ3) is 2.24. The summed E-state index contributed by atoms with van der Waals surface area (Å²) in [7, 11) is 0. The molecule has 0 aliphatic heterocycles. The summed E-state index contributed by atoms with van der Waals surface area (Å²) >= 11 is 0. The van der Waals surface area contributed by atoms with E-state index in [1.54, 1.807) is 12.1 Å². The van der Waals surface area contributed by atoms with E-state index in [4.69, 9.17) is 5.73 Å². The maximum atomic E-state index is 12.9. The number of aromatic hydroxyl groups is 1. The van der Waals surface area contributed by atoms with Crippen LogP contribution in [0.3, 0.4) is 0 Å². The SMILES string of the molecule is Nc1cc(-c2ccc(O)cc2)n2ncc(C(F)(F)F)c2n1. The molecule has 0 radical (unpaired) electrons. The molecule has 0 saturated heterocycles. The van der Waals surface area contributed by atoms with E-state index >= 15 is 0 Å². The standard InChI is InChI=1S/C13H9F3N4O/c14-13(15,16)9-6-18-20-10(5-11(17)19-12(9)20)7-1-3-8(21)4-2-7/h1-6,21H,(H2,17,19). The zero-order valence-corrected chi connectivity index (χ0v) is 10.5. The van der Waals surface area contributed by atoms with Crippen molar-refractivity contribution in [2.75, 3.05) is 5.73 Å². The van der Waals surface area contributed by atoms with Gasteiger partial charge in [-0.15, -0.1) is 0 Å². The molecule has 0 amide bonds. The Hall–Kier alpha value is -2.77. The van der Waals surface area contributed by atoms with Gasteiger partial charge in [-0.25, -0.2) is 9.50 Å². The molecule has 3 rings (SSSR count). The third-order valence-corrected chi connectivity index (χ3v) is 2.96. The van der Waals surface area contributed by atoms with Crippen molar-refractivity contribution in [1.29, 1.82) is 0 Å². The molecule has 0 aliphatic carbocycles. The first-order valence-corrected chi connectivity index (χ1v) is 5.87. The molecule has 3 aromatic rings. The molecule has 0 unspecified atom stereocenters. The Morgan fingerprint density at radius 2 is 1.81 bits per heavy atom. The van der Waals surface area contributed by atoms with Gasteiger partial charge in [-0.2, -0.15) is 18.3 Å². The third-order valence-electron chi connectivity index (χ3n) is 2.96. The Morgan fingerprint density at radius 1 is 1.14 bits per heavy atom. The first-order valence-electron chi connectivity index (χ1n) is 5.87. The number of hydrogen-bond acceptors (Lipinski definition) is 4. The molecule has 3 N–H and O–H groups in total. The zero-order valence-electron chi connectivity index (χ0n) is 10.5. The molecular formula is C13H9F3N4O. The van der Waals surface area contributed by atoms with E-state index < -0.39 is 11.7 Å². The summed E-state index contributed by atoms with van der Waals surface area (Å²) in [5.74, 6) is 0.00467. The minimum absolute atomic E-state index is 0.0448. The molecule has 0 spiro atoms. The van der Waals surface area contributed by atoms with E-state index in [0.29, 0.717) is 17.5 Å². The number of alkyl halides is 3. The fourth-order valence-corrected chi connectivity index (χ4v) is 2.02. The highest BCUT2D eigenvalue weighted by atomic mass is 19.4. The fraction of sp³-hybridized carbons (Fsp3) is 0.0769. The largest absolute Gasteiger partial charge is 0.508 e. The van der Waals surface area contributed by atoms with Crippen molar-refractivity contribution in [2.45, 2.75) is 6.18 Å². The Bertz CT molecular complexity index is 809. The molecule has 0 aliphatic rings. The van der Waals surface area contributed by atoms with Gasteiger partial charge in [0.2, 0.25) is 0 Å². The maximum Gasteiger partial charge on any atom is 0.421 e. The Balaban J connectivity index is 2.29. The zero-order chi connectivity index (χ0) is 15.2. The van der Waals surface area contributed by atoms with Gasteiger partial charge in [-0.1, -0.05) is 0 Å². The molecule has 0 fully saturated rings. The van der Waals surface area contributed by atoms with Gasteiger partial charge in [0, 0.05) is 11.6 Å². The predicted octanol–water partition coefficient (Wildman–Crippen LogP) is 2.70. The highest BCUT2D eigenvalue weighted by Crippen LogP contribution is 2.33. The topological polar surface area (TPSA) is 76.4 Å². The number of anilines is 1. The van der Waals surface area contributed by atoms with E-state index in [1.165, 1.54) is 18.2 Å². The number of nitrogen functional groups attached to an aromatic ring is 1. The monoisotopic (exact) mass is 294 g/mol. The number of phenolic OH excluding ortho intramolecular Hbond substituents is 1. The minimum Gasteiger partial charge on any atom is -0.508 e. The van der Waals surface area contributed by atoms with Crippen LogP contribution in [0.1, 0.15) is 5.56 Å². The number of halogens is 3. The summed E-state index contributed by atoms with van der Waals surface area (Å²) in [5.41, 5.74) is 5.20. The molecule has 5 nitrogen and oxygen atoms in total. The molecule has 108 valence electrons. The van der Waals surface area contributed by atoms with Crippen molar-refractivity contribution in [1.82, 2.24) is 14.6 Å². The first kappa shape index (κ1) is 13.2. The van der Waals surface area contributed by atoms with Crippen molar-refractivity contribution in [2.24, 2.45) is 0 Å². The Kier molecular flexibility index (Phi) is 2.75. The molecule has 0 atom stereocenters. The van der Waals surface area contributed by atoms with Gasteiger partial charge < -0.3 is 10.8 Å². The number of nitrogens with zero attached hydrogens (tertiary/aromatic N) is 3. The van der Waals surface area contributed by atoms with Crippen LogP contribution in [0.5, 0.6) is 5.75 Å². The Labute approximate surface area is 116 Å². The van der Waals surface area contributed by atoms with E-state index in [2.05, 4.69) is 10.1 Å². The van der Waals surface area contributed by atoms with Crippen LogP contribution in [-0.2, 0) is 6.18 Å². The summed E-state index contributed by atoms with van der Waals surface area (Å²) in [5, 5.41) is 13.0. The number of hydrogen-bond donors (Lipinski definition) is 2. The van der Waals surface area contributed by atoms with Crippen molar-refractivity contribution in [3.8, 4) is 17.0 Å². The quantitative estimate of drug-likeness (QED) is 0.723. The normalized spacial score (nSPS) is 12.0. The van der Waals surface area contributed by atoms with Crippen LogP contribution < -0.4 is 5.73 Å². The lowest BCUT2D eigenvalue weighted by atomic mass is 10.1. The van der Waals surface area contributed by atoms with Crippen molar-refractivity contribution >= 4 is 11.5 Å². The molecule has 2 aromatic heterocycles.